The van der Waals surface area contributed by atoms with Crippen molar-refractivity contribution in [3.8, 4) is 0 Å². The van der Waals surface area contributed by atoms with E-state index in [-0.39, 0.29) is 28.9 Å². The van der Waals surface area contributed by atoms with E-state index in [2.05, 4.69) is 14.9 Å². The van der Waals surface area contributed by atoms with Gasteiger partial charge in [-0.1, -0.05) is 12.1 Å². The Labute approximate surface area is 193 Å². The van der Waals surface area contributed by atoms with Crippen molar-refractivity contribution in [1.29, 1.82) is 0 Å². The maximum Gasteiger partial charge on any atom is 0.268 e. The van der Waals surface area contributed by atoms with Crippen molar-refractivity contribution >= 4 is 11.8 Å². The number of carbonyl (C=O) groups is 2. The summed E-state index contributed by atoms with van der Waals surface area (Å²) in [6.07, 6.45) is 3.87. The van der Waals surface area contributed by atoms with E-state index in [1.54, 1.807) is 19.1 Å². The Bertz CT molecular complexity index is 1070. The van der Waals surface area contributed by atoms with Crippen LogP contribution >= 0.6 is 0 Å². The molecule has 5 rings (SSSR count). The Kier molecular flexibility index (Phi) is 5.86. The number of amides is 2. The van der Waals surface area contributed by atoms with E-state index in [0.29, 0.717) is 36.4 Å². The van der Waals surface area contributed by atoms with Crippen LogP contribution in [0.15, 0.2) is 24.3 Å². The van der Waals surface area contributed by atoms with Crippen LogP contribution in [0.1, 0.15) is 63.1 Å². The van der Waals surface area contributed by atoms with E-state index in [4.69, 9.17) is 5.73 Å². The van der Waals surface area contributed by atoms with Gasteiger partial charge in [0.05, 0.1) is 11.3 Å². The van der Waals surface area contributed by atoms with Crippen LogP contribution in [0, 0.1) is 24.6 Å². The number of aryl methyl sites for hydroxylation is 2. The zero-order valence-electron chi connectivity index (χ0n) is 19.0. The number of likely N-dealkylation sites (tertiary alicyclic amines) is 2. The predicted octanol–water partition coefficient (Wildman–Crippen LogP) is 2.54. The van der Waals surface area contributed by atoms with Crippen LogP contribution in [0.5, 0.6) is 0 Å². The minimum atomic E-state index is -0.672. The number of rotatable bonds is 7. The molecule has 1 aromatic heterocycles. The minimum Gasteiger partial charge on any atom is -0.364 e. The van der Waals surface area contributed by atoms with Crippen molar-refractivity contribution in [2.24, 2.45) is 17.6 Å². The van der Waals surface area contributed by atoms with E-state index in [1.165, 1.54) is 6.07 Å². The Hall–Kier alpha value is -2.87. The molecule has 1 aliphatic carbocycles. The third-order valence-corrected chi connectivity index (χ3v) is 7.17. The molecule has 2 N–H and O–H groups in total. The van der Waals surface area contributed by atoms with Crippen LogP contribution in [0.25, 0.3) is 0 Å². The number of aromatic nitrogens is 2. The quantitative estimate of drug-likeness (QED) is 0.698. The molecule has 1 saturated carbocycles. The van der Waals surface area contributed by atoms with Gasteiger partial charge in [0.1, 0.15) is 17.3 Å². The molecule has 2 saturated heterocycles. The summed E-state index contributed by atoms with van der Waals surface area (Å²) in [5.41, 5.74) is 7.48. The first kappa shape index (κ1) is 21.9. The Morgan fingerprint density at radius 3 is 2.48 bits per heavy atom. The molecule has 1 aromatic carbocycles. The maximum atomic E-state index is 13.4. The Morgan fingerprint density at radius 2 is 1.85 bits per heavy atom. The first-order valence-corrected chi connectivity index (χ1v) is 11.8. The summed E-state index contributed by atoms with van der Waals surface area (Å²) in [6, 6.07) is 6.80. The lowest BCUT2D eigenvalue weighted by atomic mass is 10.0. The summed E-state index contributed by atoms with van der Waals surface area (Å²) in [4.78, 5) is 38.6. The normalized spacial score (nSPS) is 22.5. The van der Waals surface area contributed by atoms with Gasteiger partial charge >= 0.3 is 0 Å². The Balaban J connectivity index is 1.19. The number of fused-ring (bicyclic) bond motifs is 1. The van der Waals surface area contributed by atoms with Crippen molar-refractivity contribution in [2.45, 2.75) is 38.5 Å². The average Bonchev–Trinajstić information content (AvgIpc) is 3.44. The molecule has 0 radical (unpaired) electrons. The molecule has 3 fully saturated rings. The van der Waals surface area contributed by atoms with Gasteiger partial charge in [-0.25, -0.2) is 14.4 Å². The van der Waals surface area contributed by atoms with Gasteiger partial charge in [0, 0.05) is 32.1 Å². The van der Waals surface area contributed by atoms with Gasteiger partial charge < -0.3 is 15.5 Å². The SMILES string of the molecule is Cc1nc(C2CC2)nc(C(N)=O)c1C(=O)N1CC2CN(CCCc3cccc(F)c3)C[C@H]2C1. The molecule has 2 aliphatic heterocycles. The second-order valence-corrected chi connectivity index (χ2v) is 9.75. The van der Waals surface area contributed by atoms with Crippen molar-refractivity contribution in [1.82, 2.24) is 19.8 Å². The highest BCUT2D eigenvalue weighted by molar-refractivity contribution is 6.06. The molecule has 3 heterocycles. The number of carbonyl (C=O) groups excluding carboxylic acids is 2. The second kappa shape index (κ2) is 8.82. The van der Waals surface area contributed by atoms with E-state index < -0.39 is 5.91 Å². The van der Waals surface area contributed by atoms with Crippen LogP contribution in [-0.2, 0) is 6.42 Å². The highest BCUT2D eigenvalue weighted by atomic mass is 19.1. The summed E-state index contributed by atoms with van der Waals surface area (Å²) in [7, 11) is 0. The average molecular weight is 452 g/mol. The number of halogens is 1. The third kappa shape index (κ3) is 4.62. The molecule has 1 unspecified atom stereocenters. The summed E-state index contributed by atoms with van der Waals surface area (Å²) in [6.45, 7) is 5.99. The second-order valence-electron chi connectivity index (χ2n) is 9.75. The first-order chi connectivity index (χ1) is 15.9. The lowest BCUT2D eigenvalue weighted by molar-refractivity contribution is 0.0766. The number of benzene rings is 1. The lowest BCUT2D eigenvalue weighted by Crippen LogP contribution is -2.36. The van der Waals surface area contributed by atoms with Crippen LogP contribution in [-0.4, -0.2) is 64.3 Å². The molecule has 3 aliphatic rings. The third-order valence-electron chi connectivity index (χ3n) is 7.17. The standard InChI is InChI=1S/C25H30FN5O2/c1-15-21(22(23(27)32)29-24(28-15)17-7-8-17)25(33)31-13-18-11-30(12-19(18)14-31)9-3-5-16-4-2-6-20(26)10-16/h2,4,6,10,17-19H,3,5,7-9,11-14H2,1H3,(H2,27,32)/t18-,19?/m0/s1. The van der Waals surface area contributed by atoms with Gasteiger partial charge in [0.2, 0.25) is 0 Å². The molecule has 33 heavy (non-hydrogen) atoms. The van der Waals surface area contributed by atoms with Gasteiger partial charge in [0.25, 0.3) is 11.8 Å². The fraction of sp³-hybridized carbons (Fsp3) is 0.520. The number of primary amides is 1. The molecular formula is C25H30FN5O2. The number of hydrogen-bond acceptors (Lipinski definition) is 5. The van der Waals surface area contributed by atoms with E-state index >= 15 is 0 Å². The first-order valence-electron chi connectivity index (χ1n) is 11.8. The van der Waals surface area contributed by atoms with Gasteiger partial charge in [-0.2, -0.15) is 0 Å². The van der Waals surface area contributed by atoms with Crippen LogP contribution < -0.4 is 5.73 Å². The van der Waals surface area contributed by atoms with E-state index in [0.717, 1.165) is 50.9 Å². The number of nitrogens with two attached hydrogens (primary N) is 1. The zero-order valence-corrected chi connectivity index (χ0v) is 19.0. The predicted molar refractivity (Wildman–Crippen MR) is 121 cm³/mol. The zero-order chi connectivity index (χ0) is 23.1. The summed E-state index contributed by atoms with van der Waals surface area (Å²) in [5.74, 6) is 0.717. The topological polar surface area (TPSA) is 92.4 Å². The molecule has 0 bridgehead atoms. The summed E-state index contributed by atoms with van der Waals surface area (Å²) >= 11 is 0. The summed E-state index contributed by atoms with van der Waals surface area (Å²) in [5, 5.41) is 0. The minimum absolute atomic E-state index is 0.0606. The van der Waals surface area contributed by atoms with Crippen molar-refractivity contribution < 1.29 is 14.0 Å². The fourth-order valence-electron chi connectivity index (χ4n) is 5.35. The molecule has 0 spiro atoms. The van der Waals surface area contributed by atoms with E-state index in [1.807, 2.05) is 11.0 Å². The molecular weight excluding hydrogens is 421 g/mol. The van der Waals surface area contributed by atoms with Crippen LogP contribution in [0.3, 0.4) is 0 Å². The number of nitrogens with zero attached hydrogens (tertiary/aromatic N) is 4. The van der Waals surface area contributed by atoms with Crippen molar-refractivity contribution in [3.05, 3.63) is 58.4 Å². The van der Waals surface area contributed by atoms with Gasteiger partial charge in [-0.05, 0) is 68.7 Å². The summed E-state index contributed by atoms with van der Waals surface area (Å²) < 4.78 is 13.4. The molecule has 2 atom stereocenters. The fourth-order valence-corrected chi connectivity index (χ4v) is 5.35. The van der Waals surface area contributed by atoms with Gasteiger partial charge in [-0.15, -0.1) is 0 Å². The lowest BCUT2D eigenvalue weighted by Gasteiger charge is -2.23. The molecule has 8 heteroatoms. The van der Waals surface area contributed by atoms with Crippen molar-refractivity contribution in [2.75, 3.05) is 32.7 Å². The molecule has 2 amide bonds. The Morgan fingerprint density at radius 1 is 1.12 bits per heavy atom. The van der Waals surface area contributed by atoms with Crippen LogP contribution in [0.2, 0.25) is 0 Å². The smallest absolute Gasteiger partial charge is 0.268 e. The van der Waals surface area contributed by atoms with Gasteiger partial charge in [-0.3, -0.25) is 9.59 Å². The molecule has 174 valence electrons. The molecule has 2 aromatic rings. The largest absolute Gasteiger partial charge is 0.364 e. The highest BCUT2D eigenvalue weighted by Gasteiger charge is 2.42. The van der Waals surface area contributed by atoms with Crippen LogP contribution in [0.4, 0.5) is 4.39 Å². The molecule has 7 nitrogen and oxygen atoms in total. The van der Waals surface area contributed by atoms with E-state index in [9.17, 15) is 14.0 Å². The van der Waals surface area contributed by atoms with Crippen molar-refractivity contribution in [3.63, 3.8) is 0 Å². The highest BCUT2D eigenvalue weighted by Crippen LogP contribution is 2.39. The maximum absolute atomic E-state index is 13.4. The van der Waals surface area contributed by atoms with Gasteiger partial charge in [0.15, 0.2) is 0 Å². The monoisotopic (exact) mass is 451 g/mol. The number of hydrogen-bond donors (Lipinski definition) is 1.